The summed E-state index contributed by atoms with van der Waals surface area (Å²) in [5.74, 6) is 0. The Kier molecular flexibility index (Phi) is 11.6. The fourth-order valence-electron chi connectivity index (χ4n) is 9.62. The third-order valence-electron chi connectivity index (χ3n) is 14.2. The first-order chi connectivity index (χ1) is 30.6. The van der Waals surface area contributed by atoms with Gasteiger partial charge in [0.2, 0.25) is 0 Å². The van der Waals surface area contributed by atoms with Gasteiger partial charge in [-0.05, 0) is 153 Å². The summed E-state index contributed by atoms with van der Waals surface area (Å²) in [7, 11) is 0. The Morgan fingerprint density at radius 2 is 0.682 bits per heavy atom. The molecule has 0 N–H and O–H groups in total. The van der Waals surface area contributed by atoms with Gasteiger partial charge >= 0.3 is 0 Å². The summed E-state index contributed by atoms with van der Waals surface area (Å²) in [5.41, 5.74) is 23.1. The van der Waals surface area contributed by atoms with Gasteiger partial charge in [0.25, 0.3) is 0 Å². The van der Waals surface area contributed by atoms with Gasteiger partial charge in [0.15, 0.2) is 0 Å². The zero-order valence-corrected chi connectivity index (χ0v) is 43.3. The number of rotatable bonds is 6. The fourth-order valence-corrected chi connectivity index (χ4v) is 9.62. The highest BCUT2D eigenvalue weighted by molar-refractivity contribution is 5.87. The van der Waals surface area contributed by atoms with E-state index in [1.807, 2.05) is 0 Å². The van der Waals surface area contributed by atoms with Crippen molar-refractivity contribution in [2.45, 2.75) is 150 Å². The van der Waals surface area contributed by atoms with Crippen LogP contribution in [0.15, 0.2) is 146 Å². The Morgan fingerprint density at radius 3 is 1.18 bits per heavy atom. The zero-order chi connectivity index (χ0) is 47.9. The van der Waals surface area contributed by atoms with Crippen LogP contribution in [0.3, 0.4) is 0 Å². The molecule has 0 atom stereocenters. The molecule has 1 nitrogen and oxygen atoms in total. The summed E-state index contributed by atoms with van der Waals surface area (Å²) in [6.07, 6.45) is 0. The van der Waals surface area contributed by atoms with Crippen LogP contribution in [0.4, 0.5) is 17.1 Å². The normalized spacial score (nSPS) is 14.0. The predicted octanol–water partition coefficient (Wildman–Crippen LogP) is 19.0. The summed E-state index contributed by atoms with van der Waals surface area (Å²) in [6, 6.07) is 56.3. The lowest BCUT2D eigenvalue weighted by Gasteiger charge is -2.29. The minimum Gasteiger partial charge on any atom is -0.310 e. The molecule has 1 aliphatic carbocycles. The highest BCUT2D eigenvalue weighted by atomic mass is 15.1. The van der Waals surface area contributed by atoms with Gasteiger partial charge in [-0.1, -0.05) is 221 Å². The highest BCUT2D eigenvalue weighted by Gasteiger charge is 2.36. The molecule has 0 spiro atoms. The van der Waals surface area contributed by atoms with Crippen LogP contribution in [-0.2, 0) is 32.5 Å². The maximum atomic E-state index is 2.47. The minimum atomic E-state index is -0.119. The summed E-state index contributed by atoms with van der Waals surface area (Å²) in [4.78, 5) is 2.47. The van der Waals surface area contributed by atoms with Crippen LogP contribution in [0.5, 0.6) is 0 Å². The van der Waals surface area contributed by atoms with E-state index in [4.69, 9.17) is 0 Å². The second-order valence-corrected chi connectivity index (χ2v) is 25.0. The molecule has 0 unspecified atom stereocenters. The van der Waals surface area contributed by atoms with Crippen LogP contribution in [-0.4, -0.2) is 0 Å². The molecule has 0 aliphatic heterocycles. The van der Waals surface area contributed by atoms with Crippen LogP contribution < -0.4 is 4.90 Å². The van der Waals surface area contributed by atoms with Gasteiger partial charge in [-0.25, -0.2) is 0 Å². The van der Waals surface area contributed by atoms with Crippen LogP contribution in [0.1, 0.15) is 157 Å². The Morgan fingerprint density at radius 1 is 0.288 bits per heavy atom. The number of hydrogen-bond acceptors (Lipinski definition) is 1. The molecule has 0 amide bonds. The van der Waals surface area contributed by atoms with Crippen molar-refractivity contribution < 1.29 is 0 Å². The number of nitrogens with zero attached hydrogens (tertiary/aromatic N) is 1. The average Bonchev–Trinajstić information content (AvgIpc) is 3.47. The molecular weight excluding hydrogens is 795 g/mol. The van der Waals surface area contributed by atoms with E-state index in [1.54, 1.807) is 0 Å². The smallest absolute Gasteiger partial charge is 0.0467 e. The maximum Gasteiger partial charge on any atom is 0.0467 e. The molecule has 0 radical (unpaired) electrons. The average molecular weight is 870 g/mol. The SMILES string of the molecule is CC(C)(C)c1cc(-c2ccc(N(c3cccc(-c4cc(C(C)(C)C)cc(C(C)(C)C)c4)c3)c3ccc4c(c3)C(C)(C)c3ccccc3-4)cc2)cc(-c2cc(C(C)(C)C)cc(C(C)(C)C)c2)c1. The second kappa shape index (κ2) is 16.3. The lowest BCUT2D eigenvalue weighted by atomic mass is 9.78. The number of anilines is 3. The zero-order valence-electron chi connectivity index (χ0n) is 43.3. The topological polar surface area (TPSA) is 3.24 Å². The molecule has 7 aromatic carbocycles. The van der Waals surface area contributed by atoms with Gasteiger partial charge in [0, 0.05) is 22.5 Å². The first-order valence-electron chi connectivity index (χ1n) is 24.3. The van der Waals surface area contributed by atoms with E-state index >= 15 is 0 Å². The van der Waals surface area contributed by atoms with E-state index in [0.29, 0.717) is 0 Å². The Hall–Kier alpha value is -5.66. The van der Waals surface area contributed by atoms with Gasteiger partial charge in [0.05, 0.1) is 0 Å². The molecule has 0 fully saturated rings. The quantitative estimate of drug-likeness (QED) is 0.161. The number of fused-ring (bicyclic) bond motifs is 3. The minimum absolute atomic E-state index is 0.0230. The summed E-state index contributed by atoms with van der Waals surface area (Å²) in [5, 5.41) is 0. The fraction of sp³-hybridized carbons (Fsp3) is 0.354. The van der Waals surface area contributed by atoms with Crippen molar-refractivity contribution in [1.29, 1.82) is 0 Å². The molecule has 8 rings (SSSR count). The van der Waals surface area contributed by atoms with Crippen molar-refractivity contribution in [2.75, 3.05) is 4.90 Å². The molecule has 340 valence electrons. The predicted molar refractivity (Wildman–Crippen MR) is 288 cm³/mol. The van der Waals surface area contributed by atoms with E-state index in [0.717, 1.165) is 17.1 Å². The van der Waals surface area contributed by atoms with Crippen molar-refractivity contribution in [2.24, 2.45) is 0 Å². The van der Waals surface area contributed by atoms with Crippen LogP contribution in [0.2, 0.25) is 0 Å². The lowest BCUT2D eigenvalue weighted by Crippen LogP contribution is -2.17. The molecule has 0 saturated carbocycles. The van der Waals surface area contributed by atoms with Crippen LogP contribution in [0, 0.1) is 0 Å². The van der Waals surface area contributed by atoms with Crippen LogP contribution in [0.25, 0.3) is 44.5 Å². The third-order valence-corrected chi connectivity index (χ3v) is 14.2. The Labute approximate surface area is 399 Å². The maximum absolute atomic E-state index is 2.47. The third kappa shape index (κ3) is 9.21. The lowest BCUT2D eigenvalue weighted by molar-refractivity contribution is 0.568. The highest BCUT2D eigenvalue weighted by Crippen LogP contribution is 2.51. The van der Waals surface area contributed by atoms with Gasteiger partial charge in [0.1, 0.15) is 0 Å². The summed E-state index contributed by atoms with van der Waals surface area (Å²) in [6.45, 7) is 39.6. The Bertz CT molecular complexity index is 2870. The molecule has 1 heteroatoms. The van der Waals surface area contributed by atoms with Gasteiger partial charge in [-0.15, -0.1) is 0 Å². The molecule has 0 saturated heterocycles. The molecule has 1 aliphatic rings. The van der Waals surface area contributed by atoms with E-state index in [9.17, 15) is 0 Å². The van der Waals surface area contributed by atoms with E-state index in [1.165, 1.54) is 83.5 Å². The monoisotopic (exact) mass is 870 g/mol. The van der Waals surface area contributed by atoms with E-state index in [2.05, 4.69) is 268 Å². The van der Waals surface area contributed by atoms with Crippen molar-refractivity contribution in [1.82, 2.24) is 0 Å². The second-order valence-electron chi connectivity index (χ2n) is 25.0. The van der Waals surface area contributed by atoms with E-state index in [-0.39, 0.29) is 32.5 Å². The van der Waals surface area contributed by atoms with Gasteiger partial charge < -0.3 is 4.90 Å². The number of benzene rings is 7. The van der Waals surface area contributed by atoms with Gasteiger partial charge in [-0.2, -0.15) is 0 Å². The van der Waals surface area contributed by atoms with Gasteiger partial charge in [-0.3, -0.25) is 0 Å². The molecular formula is C65H75N. The number of hydrogen-bond donors (Lipinski definition) is 0. The molecule has 0 heterocycles. The standard InChI is InChI=1S/C65H75N/c1-60(2,3)48-32-44(31-45(33-48)47-36-51(63(10,11)12)40-52(37-47)64(13,14)15)42-25-27-53(28-26-42)66(55-29-30-57-56-23-18-19-24-58(56)65(16,17)59(57)41-55)54-22-20-21-43(38-54)46-34-49(61(4,5)6)39-50(35-46)62(7,8)9/h18-41H,1-17H3. The molecule has 0 aromatic heterocycles. The first kappa shape index (κ1) is 46.9. The molecule has 66 heavy (non-hydrogen) atoms. The van der Waals surface area contributed by atoms with Crippen molar-refractivity contribution >= 4 is 17.1 Å². The van der Waals surface area contributed by atoms with Crippen molar-refractivity contribution in [3.05, 3.63) is 185 Å². The largest absolute Gasteiger partial charge is 0.310 e. The van der Waals surface area contributed by atoms with Crippen molar-refractivity contribution in [3.8, 4) is 44.5 Å². The van der Waals surface area contributed by atoms with Crippen molar-refractivity contribution in [3.63, 3.8) is 0 Å². The molecule has 0 bridgehead atoms. The van der Waals surface area contributed by atoms with E-state index < -0.39 is 0 Å². The summed E-state index contributed by atoms with van der Waals surface area (Å²) < 4.78 is 0. The van der Waals surface area contributed by atoms with Crippen LogP contribution >= 0.6 is 0 Å². The first-order valence-corrected chi connectivity index (χ1v) is 24.3. The summed E-state index contributed by atoms with van der Waals surface area (Å²) >= 11 is 0. The Balaban J connectivity index is 1.28. The molecule has 7 aromatic rings.